The van der Waals surface area contributed by atoms with Gasteiger partial charge in [0, 0.05) is 6.54 Å². The van der Waals surface area contributed by atoms with Crippen LogP contribution in [0.15, 0.2) is 0 Å². The van der Waals surface area contributed by atoms with Gasteiger partial charge in [-0.05, 0) is 12.3 Å². The molecule has 0 aromatic heterocycles. The Hall–Kier alpha value is -1.27. The van der Waals surface area contributed by atoms with Gasteiger partial charge in [0.15, 0.2) is 0 Å². The fourth-order valence-electron chi connectivity index (χ4n) is 1.34. The molecule has 0 heterocycles. The molecule has 0 aromatic rings. The second-order valence-corrected chi connectivity index (χ2v) is 3.92. The fourth-order valence-corrected chi connectivity index (χ4v) is 1.34. The van der Waals surface area contributed by atoms with E-state index in [2.05, 4.69) is 0 Å². The van der Waals surface area contributed by atoms with E-state index in [4.69, 9.17) is 5.11 Å². The molecule has 7 heteroatoms. The van der Waals surface area contributed by atoms with Crippen molar-refractivity contribution in [2.75, 3.05) is 6.54 Å². The van der Waals surface area contributed by atoms with Gasteiger partial charge in [-0.3, -0.25) is 9.59 Å². The molecular weight excluding hydrogens is 227 g/mol. The maximum absolute atomic E-state index is 11.8. The quantitative estimate of drug-likeness (QED) is 0.756. The first-order valence-corrected chi connectivity index (χ1v) is 4.88. The van der Waals surface area contributed by atoms with Crippen LogP contribution in [0.2, 0.25) is 0 Å². The lowest BCUT2D eigenvalue weighted by atomic mass is 10.0. The Morgan fingerprint density at radius 3 is 2.31 bits per heavy atom. The molecule has 0 aliphatic heterocycles. The van der Waals surface area contributed by atoms with Crippen LogP contribution in [0, 0.1) is 11.8 Å². The first-order valence-electron chi connectivity index (χ1n) is 4.88. The highest BCUT2D eigenvalue weighted by atomic mass is 19.4. The average Bonchev–Trinajstić information content (AvgIpc) is 2.92. The molecule has 1 atom stereocenters. The van der Waals surface area contributed by atoms with Crippen LogP contribution in [-0.4, -0.2) is 29.7 Å². The van der Waals surface area contributed by atoms with Crippen LogP contribution in [0.3, 0.4) is 0 Å². The van der Waals surface area contributed by atoms with Crippen molar-refractivity contribution >= 4 is 11.9 Å². The topological polar surface area (TPSA) is 66.4 Å². The molecule has 2 N–H and O–H groups in total. The van der Waals surface area contributed by atoms with Crippen LogP contribution < -0.4 is 5.32 Å². The van der Waals surface area contributed by atoms with Gasteiger partial charge in [0.2, 0.25) is 0 Å². The minimum absolute atomic E-state index is 0.281. The van der Waals surface area contributed by atoms with E-state index in [0.29, 0.717) is 6.42 Å². The van der Waals surface area contributed by atoms with Crippen LogP contribution >= 0.6 is 0 Å². The minimum atomic E-state index is -4.96. The van der Waals surface area contributed by atoms with Crippen molar-refractivity contribution < 1.29 is 27.9 Å². The largest absolute Gasteiger partial charge is 0.481 e. The SMILES string of the molecule is O=C(O)C(CNC(=O)C(F)(F)F)CC1CC1. The summed E-state index contributed by atoms with van der Waals surface area (Å²) in [5.41, 5.74) is 0. The smallest absolute Gasteiger partial charge is 0.471 e. The van der Waals surface area contributed by atoms with E-state index in [-0.39, 0.29) is 5.92 Å². The third-order valence-corrected chi connectivity index (χ3v) is 2.43. The molecule has 16 heavy (non-hydrogen) atoms. The molecule has 1 fully saturated rings. The van der Waals surface area contributed by atoms with Crippen LogP contribution in [0.1, 0.15) is 19.3 Å². The standard InChI is InChI=1S/C9H12F3NO3/c10-9(11,12)8(16)13-4-6(7(14)15)3-5-1-2-5/h5-6H,1-4H2,(H,13,16)(H,14,15). The monoisotopic (exact) mass is 239 g/mol. The van der Waals surface area contributed by atoms with Crippen molar-refractivity contribution in [1.29, 1.82) is 0 Å². The number of hydrogen-bond acceptors (Lipinski definition) is 2. The van der Waals surface area contributed by atoms with Gasteiger partial charge in [-0.15, -0.1) is 0 Å². The summed E-state index contributed by atoms with van der Waals surface area (Å²) in [6.07, 6.45) is -2.80. The Morgan fingerprint density at radius 2 is 1.94 bits per heavy atom. The molecule has 0 saturated heterocycles. The number of carbonyl (C=O) groups is 2. The number of alkyl halides is 3. The highest BCUT2D eigenvalue weighted by molar-refractivity contribution is 5.82. The van der Waals surface area contributed by atoms with Gasteiger partial charge in [-0.2, -0.15) is 13.2 Å². The van der Waals surface area contributed by atoms with Gasteiger partial charge in [0.05, 0.1) is 5.92 Å². The van der Waals surface area contributed by atoms with Crippen LogP contribution in [0.5, 0.6) is 0 Å². The van der Waals surface area contributed by atoms with Crippen LogP contribution in [0.25, 0.3) is 0 Å². The summed E-state index contributed by atoms with van der Waals surface area (Å²) in [5.74, 6) is -3.91. The van der Waals surface area contributed by atoms with Crippen LogP contribution in [-0.2, 0) is 9.59 Å². The van der Waals surface area contributed by atoms with Gasteiger partial charge in [-0.25, -0.2) is 0 Å². The number of amides is 1. The van der Waals surface area contributed by atoms with Crippen molar-refractivity contribution in [3.8, 4) is 0 Å². The normalized spacial score (nSPS) is 17.9. The van der Waals surface area contributed by atoms with Gasteiger partial charge < -0.3 is 10.4 Å². The van der Waals surface area contributed by atoms with E-state index in [1.54, 1.807) is 5.32 Å². The van der Waals surface area contributed by atoms with Crippen LogP contribution in [0.4, 0.5) is 13.2 Å². The Bertz CT molecular complexity index is 286. The third-order valence-electron chi connectivity index (χ3n) is 2.43. The summed E-state index contributed by atoms with van der Waals surface area (Å²) in [4.78, 5) is 21.2. The lowest BCUT2D eigenvalue weighted by Gasteiger charge is -2.13. The molecule has 1 rings (SSSR count). The van der Waals surface area contributed by atoms with Crippen molar-refractivity contribution in [2.45, 2.75) is 25.4 Å². The number of carbonyl (C=O) groups excluding carboxylic acids is 1. The van der Waals surface area contributed by atoms with Crippen molar-refractivity contribution in [1.82, 2.24) is 5.32 Å². The Labute approximate surface area is 89.8 Å². The maximum atomic E-state index is 11.8. The number of carboxylic acids is 1. The van der Waals surface area contributed by atoms with E-state index >= 15 is 0 Å². The molecule has 4 nitrogen and oxygen atoms in total. The molecule has 0 bridgehead atoms. The summed E-state index contributed by atoms with van der Waals surface area (Å²) in [6.45, 7) is -0.468. The van der Waals surface area contributed by atoms with Crippen molar-refractivity contribution in [3.05, 3.63) is 0 Å². The molecule has 1 unspecified atom stereocenters. The predicted octanol–water partition coefficient (Wildman–Crippen LogP) is 1.17. The number of aliphatic carboxylic acids is 1. The van der Waals surface area contributed by atoms with E-state index in [0.717, 1.165) is 12.8 Å². The first kappa shape index (κ1) is 12.8. The third kappa shape index (κ3) is 4.08. The van der Waals surface area contributed by atoms with Gasteiger partial charge in [0.25, 0.3) is 0 Å². The predicted molar refractivity (Wildman–Crippen MR) is 47.5 cm³/mol. The summed E-state index contributed by atoms with van der Waals surface area (Å²) < 4.78 is 35.4. The van der Waals surface area contributed by atoms with Crippen molar-refractivity contribution in [2.24, 2.45) is 11.8 Å². The molecule has 92 valence electrons. The van der Waals surface area contributed by atoms with E-state index in [9.17, 15) is 22.8 Å². The summed E-state index contributed by atoms with van der Waals surface area (Å²) >= 11 is 0. The Morgan fingerprint density at radius 1 is 1.38 bits per heavy atom. The highest BCUT2D eigenvalue weighted by Crippen LogP contribution is 2.35. The minimum Gasteiger partial charge on any atom is -0.481 e. The molecule has 0 aromatic carbocycles. The number of hydrogen-bond donors (Lipinski definition) is 2. The molecule has 1 saturated carbocycles. The van der Waals surface area contributed by atoms with Gasteiger partial charge >= 0.3 is 18.1 Å². The number of carboxylic acid groups (broad SMARTS) is 1. The summed E-state index contributed by atoms with van der Waals surface area (Å²) in [6, 6.07) is 0. The zero-order chi connectivity index (χ0) is 12.3. The van der Waals surface area contributed by atoms with E-state index < -0.39 is 30.5 Å². The summed E-state index contributed by atoms with van der Waals surface area (Å²) in [7, 11) is 0. The number of halogens is 3. The zero-order valence-corrected chi connectivity index (χ0v) is 8.38. The Kier molecular flexibility index (Phi) is 3.77. The van der Waals surface area contributed by atoms with Crippen molar-refractivity contribution in [3.63, 3.8) is 0 Å². The lowest BCUT2D eigenvalue weighted by molar-refractivity contribution is -0.174. The van der Waals surface area contributed by atoms with E-state index in [1.807, 2.05) is 0 Å². The highest BCUT2D eigenvalue weighted by Gasteiger charge is 2.39. The lowest BCUT2D eigenvalue weighted by Crippen LogP contribution is -2.41. The second-order valence-electron chi connectivity index (χ2n) is 3.92. The molecular formula is C9H12F3NO3. The fraction of sp³-hybridized carbons (Fsp3) is 0.778. The van der Waals surface area contributed by atoms with Gasteiger partial charge in [-0.1, -0.05) is 12.8 Å². The molecule has 1 aliphatic rings. The molecule has 0 radical (unpaired) electrons. The average molecular weight is 239 g/mol. The van der Waals surface area contributed by atoms with Gasteiger partial charge in [0.1, 0.15) is 0 Å². The van der Waals surface area contributed by atoms with E-state index in [1.165, 1.54) is 0 Å². The first-order chi connectivity index (χ1) is 7.30. The maximum Gasteiger partial charge on any atom is 0.471 e. The summed E-state index contributed by atoms with van der Waals surface area (Å²) in [5, 5.41) is 10.3. The number of rotatable bonds is 5. The Balaban J connectivity index is 2.37. The molecule has 1 amide bonds. The zero-order valence-electron chi connectivity index (χ0n) is 8.38. The molecule has 1 aliphatic carbocycles. The second kappa shape index (κ2) is 4.71. The molecule has 0 spiro atoms. The number of nitrogens with one attached hydrogen (secondary N) is 1.